The Hall–Kier alpha value is -2.50. The van der Waals surface area contributed by atoms with Crippen LogP contribution < -0.4 is 5.32 Å². The number of nitrogens with one attached hydrogen (secondary N) is 1. The van der Waals surface area contributed by atoms with Crippen molar-refractivity contribution in [2.24, 2.45) is 0 Å². The highest BCUT2D eigenvalue weighted by molar-refractivity contribution is 5.94. The molecule has 3 rings (SSSR count). The van der Waals surface area contributed by atoms with Gasteiger partial charge in [-0.15, -0.1) is 0 Å². The highest BCUT2D eigenvalue weighted by Gasteiger charge is 2.18. The van der Waals surface area contributed by atoms with Gasteiger partial charge >= 0.3 is 0 Å². The molecule has 1 aromatic carbocycles. The minimum absolute atomic E-state index is 0.0863. The number of likely N-dealkylation sites (tertiary alicyclic amines) is 1. The van der Waals surface area contributed by atoms with E-state index in [1.54, 1.807) is 0 Å². The lowest BCUT2D eigenvalue weighted by Crippen LogP contribution is -2.35. The lowest BCUT2D eigenvalue weighted by Gasteiger charge is -2.26. The van der Waals surface area contributed by atoms with Gasteiger partial charge in [0, 0.05) is 25.2 Å². The summed E-state index contributed by atoms with van der Waals surface area (Å²) in [6.45, 7) is 2.90. The van der Waals surface area contributed by atoms with Gasteiger partial charge in [0.05, 0.1) is 0 Å². The third kappa shape index (κ3) is 4.07. The standard InChI is InChI=1S/C18H22N2O4/c21-17(16-13-23-10-11-24-16)19-12-14-4-6-15(7-5-14)18(22)20-8-2-1-3-9-20/h4-7,13H,1-3,8-12H2,(H,19,21). The number of rotatable bonds is 4. The smallest absolute Gasteiger partial charge is 0.289 e. The van der Waals surface area contributed by atoms with E-state index in [-0.39, 0.29) is 17.6 Å². The summed E-state index contributed by atoms with van der Waals surface area (Å²) in [5.41, 5.74) is 1.62. The van der Waals surface area contributed by atoms with Crippen molar-refractivity contribution in [3.63, 3.8) is 0 Å². The summed E-state index contributed by atoms with van der Waals surface area (Å²) in [7, 11) is 0. The lowest BCUT2D eigenvalue weighted by molar-refractivity contribution is -0.122. The first kappa shape index (κ1) is 16.4. The molecular formula is C18H22N2O4. The molecule has 0 spiro atoms. The maximum Gasteiger partial charge on any atom is 0.289 e. The number of ether oxygens (including phenoxy) is 2. The van der Waals surface area contributed by atoms with Crippen LogP contribution in [0.2, 0.25) is 0 Å². The van der Waals surface area contributed by atoms with Crippen molar-refractivity contribution >= 4 is 11.8 Å². The molecule has 0 saturated carbocycles. The average molecular weight is 330 g/mol. The summed E-state index contributed by atoms with van der Waals surface area (Å²) in [5.74, 6) is -0.0236. The molecule has 24 heavy (non-hydrogen) atoms. The van der Waals surface area contributed by atoms with Crippen molar-refractivity contribution in [3.05, 3.63) is 47.4 Å². The molecule has 128 valence electrons. The van der Waals surface area contributed by atoms with Crippen molar-refractivity contribution in [3.8, 4) is 0 Å². The van der Waals surface area contributed by atoms with E-state index in [1.807, 2.05) is 29.2 Å². The molecule has 6 heteroatoms. The number of piperidine rings is 1. The van der Waals surface area contributed by atoms with Crippen LogP contribution in [0.25, 0.3) is 0 Å². The third-order valence-electron chi connectivity index (χ3n) is 4.17. The number of hydrogen-bond donors (Lipinski definition) is 1. The molecule has 0 aliphatic carbocycles. The van der Waals surface area contributed by atoms with Gasteiger partial charge in [-0.1, -0.05) is 12.1 Å². The molecule has 0 aromatic heterocycles. The maximum absolute atomic E-state index is 12.4. The van der Waals surface area contributed by atoms with Crippen molar-refractivity contribution in [2.75, 3.05) is 26.3 Å². The zero-order valence-electron chi connectivity index (χ0n) is 13.6. The van der Waals surface area contributed by atoms with Crippen LogP contribution in [0.15, 0.2) is 36.3 Å². The number of carbonyl (C=O) groups excluding carboxylic acids is 2. The first-order chi connectivity index (χ1) is 11.7. The quantitative estimate of drug-likeness (QED) is 0.914. The molecule has 0 atom stereocenters. The fourth-order valence-corrected chi connectivity index (χ4v) is 2.80. The Morgan fingerprint density at radius 1 is 1.04 bits per heavy atom. The first-order valence-corrected chi connectivity index (χ1v) is 8.35. The van der Waals surface area contributed by atoms with E-state index in [0.717, 1.165) is 31.5 Å². The average Bonchev–Trinajstić information content (AvgIpc) is 2.67. The summed E-state index contributed by atoms with van der Waals surface area (Å²) < 4.78 is 10.3. The molecule has 1 saturated heterocycles. The molecule has 2 aliphatic heterocycles. The summed E-state index contributed by atoms with van der Waals surface area (Å²) in [4.78, 5) is 26.2. The normalized spacial score (nSPS) is 17.3. The first-order valence-electron chi connectivity index (χ1n) is 8.35. The number of hydrogen-bond acceptors (Lipinski definition) is 4. The predicted molar refractivity (Wildman–Crippen MR) is 88.0 cm³/mol. The van der Waals surface area contributed by atoms with E-state index < -0.39 is 0 Å². The van der Waals surface area contributed by atoms with Crippen molar-refractivity contribution < 1.29 is 19.1 Å². The van der Waals surface area contributed by atoms with Gasteiger partial charge < -0.3 is 19.7 Å². The minimum atomic E-state index is -0.303. The number of nitrogens with zero attached hydrogens (tertiary/aromatic N) is 1. The Kier molecular flexibility index (Phi) is 5.36. The molecule has 0 bridgehead atoms. The SMILES string of the molecule is O=C(NCc1ccc(C(=O)N2CCCCC2)cc1)C1=COCCO1. The van der Waals surface area contributed by atoms with Crippen LogP contribution in [0, 0.1) is 0 Å². The van der Waals surface area contributed by atoms with E-state index >= 15 is 0 Å². The van der Waals surface area contributed by atoms with Gasteiger partial charge in [-0.25, -0.2) is 0 Å². The molecule has 0 radical (unpaired) electrons. The van der Waals surface area contributed by atoms with Crippen molar-refractivity contribution in [1.82, 2.24) is 10.2 Å². The van der Waals surface area contributed by atoms with E-state index in [4.69, 9.17) is 9.47 Å². The van der Waals surface area contributed by atoms with E-state index in [1.165, 1.54) is 12.7 Å². The van der Waals surface area contributed by atoms with Gasteiger partial charge in [-0.05, 0) is 37.0 Å². The summed E-state index contributed by atoms with van der Waals surface area (Å²) >= 11 is 0. The molecule has 2 aliphatic rings. The van der Waals surface area contributed by atoms with Gasteiger partial charge in [0.25, 0.3) is 11.8 Å². The largest absolute Gasteiger partial charge is 0.494 e. The van der Waals surface area contributed by atoms with Gasteiger partial charge in [-0.3, -0.25) is 9.59 Å². The van der Waals surface area contributed by atoms with E-state index in [9.17, 15) is 9.59 Å². The fourth-order valence-electron chi connectivity index (χ4n) is 2.80. The van der Waals surface area contributed by atoms with Crippen LogP contribution >= 0.6 is 0 Å². The second-order valence-corrected chi connectivity index (χ2v) is 5.93. The van der Waals surface area contributed by atoms with Crippen molar-refractivity contribution in [2.45, 2.75) is 25.8 Å². The Bertz CT molecular complexity index is 618. The molecule has 1 fully saturated rings. The Balaban J connectivity index is 1.53. The van der Waals surface area contributed by atoms with Crippen LogP contribution in [0.1, 0.15) is 35.2 Å². The summed E-state index contributed by atoms with van der Waals surface area (Å²) in [6.07, 6.45) is 4.70. The highest BCUT2D eigenvalue weighted by atomic mass is 16.6. The Morgan fingerprint density at radius 3 is 2.46 bits per heavy atom. The summed E-state index contributed by atoms with van der Waals surface area (Å²) in [5, 5.41) is 2.77. The molecule has 2 amide bonds. The predicted octanol–water partition coefficient (Wildman–Crippen LogP) is 1.82. The summed E-state index contributed by atoms with van der Waals surface area (Å²) in [6, 6.07) is 7.37. The Labute approximate surface area is 141 Å². The van der Waals surface area contributed by atoms with Crippen LogP contribution in [-0.2, 0) is 20.8 Å². The van der Waals surface area contributed by atoms with Crippen molar-refractivity contribution in [1.29, 1.82) is 0 Å². The van der Waals surface area contributed by atoms with E-state index in [2.05, 4.69) is 5.32 Å². The molecule has 6 nitrogen and oxygen atoms in total. The lowest BCUT2D eigenvalue weighted by atomic mass is 10.1. The highest BCUT2D eigenvalue weighted by Crippen LogP contribution is 2.14. The van der Waals surface area contributed by atoms with E-state index in [0.29, 0.717) is 25.3 Å². The van der Waals surface area contributed by atoms with Crippen LogP contribution in [-0.4, -0.2) is 43.0 Å². The molecular weight excluding hydrogens is 308 g/mol. The number of carbonyl (C=O) groups is 2. The molecule has 2 heterocycles. The maximum atomic E-state index is 12.4. The van der Waals surface area contributed by atoms with Crippen LogP contribution in [0.5, 0.6) is 0 Å². The molecule has 1 N–H and O–H groups in total. The second kappa shape index (κ2) is 7.86. The van der Waals surface area contributed by atoms with Gasteiger partial charge in [0.2, 0.25) is 5.76 Å². The van der Waals surface area contributed by atoms with Gasteiger partial charge in [0.15, 0.2) is 0 Å². The zero-order chi connectivity index (χ0) is 16.8. The van der Waals surface area contributed by atoms with Gasteiger partial charge in [-0.2, -0.15) is 0 Å². The second-order valence-electron chi connectivity index (χ2n) is 5.93. The topological polar surface area (TPSA) is 67.9 Å². The van der Waals surface area contributed by atoms with Crippen LogP contribution in [0.4, 0.5) is 0 Å². The number of amides is 2. The van der Waals surface area contributed by atoms with Gasteiger partial charge in [0.1, 0.15) is 19.5 Å². The fraction of sp³-hybridized carbons (Fsp3) is 0.444. The number of benzene rings is 1. The monoisotopic (exact) mass is 330 g/mol. The zero-order valence-corrected chi connectivity index (χ0v) is 13.6. The third-order valence-corrected chi connectivity index (χ3v) is 4.17. The molecule has 0 unspecified atom stereocenters. The minimum Gasteiger partial charge on any atom is -0.494 e. The Morgan fingerprint density at radius 2 is 1.79 bits per heavy atom. The van der Waals surface area contributed by atoms with Crippen LogP contribution in [0.3, 0.4) is 0 Å². The molecule has 1 aromatic rings.